The normalized spacial score (nSPS) is 24.6. The average Bonchev–Trinajstić information content (AvgIpc) is 2.84. The molecule has 1 aromatic rings. The van der Waals surface area contributed by atoms with Crippen LogP contribution in [0.1, 0.15) is 32.6 Å². The van der Waals surface area contributed by atoms with Crippen LogP contribution in [0.2, 0.25) is 0 Å². The minimum Gasteiger partial charge on any atom is -0.349 e. The van der Waals surface area contributed by atoms with Crippen molar-refractivity contribution in [3.8, 4) is 0 Å². The molecule has 1 fully saturated rings. The summed E-state index contributed by atoms with van der Waals surface area (Å²) in [6, 6.07) is 1.20. The number of nitrogens with one attached hydrogen (secondary N) is 1. The molecule has 5 heteroatoms. The van der Waals surface area contributed by atoms with Gasteiger partial charge in [-0.25, -0.2) is 4.98 Å². The molecule has 2 heterocycles. The van der Waals surface area contributed by atoms with Gasteiger partial charge in [0.25, 0.3) is 0 Å². The Morgan fingerprint density at radius 1 is 1.42 bits per heavy atom. The van der Waals surface area contributed by atoms with Crippen molar-refractivity contribution >= 4 is 16.5 Å². The molecule has 1 aromatic heterocycles. The van der Waals surface area contributed by atoms with E-state index in [-0.39, 0.29) is 0 Å². The summed E-state index contributed by atoms with van der Waals surface area (Å²) in [5, 5.41) is 4.69. The summed E-state index contributed by atoms with van der Waals surface area (Å²) in [7, 11) is 0. The van der Waals surface area contributed by atoms with Gasteiger partial charge in [-0.2, -0.15) is 0 Å². The molecule has 2 rings (SSSR count). The third kappa shape index (κ3) is 3.68. The number of rotatable bonds is 5. The third-order valence-corrected chi connectivity index (χ3v) is 4.87. The number of piperazine rings is 1. The molecule has 1 aliphatic rings. The SMILES string of the molecule is CCN(CC)c1ncc(CN2CC(C)NCC2C)s1. The van der Waals surface area contributed by atoms with Crippen LogP contribution in [0.5, 0.6) is 0 Å². The van der Waals surface area contributed by atoms with E-state index in [1.807, 2.05) is 11.3 Å². The van der Waals surface area contributed by atoms with Crippen molar-refractivity contribution in [2.75, 3.05) is 31.1 Å². The van der Waals surface area contributed by atoms with E-state index in [4.69, 9.17) is 0 Å². The lowest BCUT2D eigenvalue weighted by Crippen LogP contribution is -2.53. The van der Waals surface area contributed by atoms with E-state index in [0.717, 1.165) is 37.9 Å². The lowest BCUT2D eigenvalue weighted by atomic mass is 10.1. The van der Waals surface area contributed by atoms with Gasteiger partial charge < -0.3 is 10.2 Å². The average molecular weight is 282 g/mol. The Morgan fingerprint density at radius 2 is 2.16 bits per heavy atom. The molecule has 2 unspecified atom stereocenters. The summed E-state index contributed by atoms with van der Waals surface area (Å²) < 4.78 is 0. The first kappa shape index (κ1) is 14.8. The van der Waals surface area contributed by atoms with Crippen LogP contribution in [0.25, 0.3) is 0 Å². The van der Waals surface area contributed by atoms with Crippen molar-refractivity contribution in [1.82, 2.24) is 15.2 Å². The number of anilines is 1. The number of thiazole rings is 1. The molecule has 1 aliphatic heterocycles. The van der Waals surface area contributed by atoms with Crippen molar-refractivity contribution in [1.29, 1.82) is 0 Å². The van der Waals surface area contributed by atoms with Gasteiger partial charge in [0, 0.05) is 55.9 Å². The van der Waals surface area contributed by atoms with Crippen LogP contribution >= 0.6 is 11.3 Å². The molecule has 19 heavy (non-hydrogen) atoms. The predicted molar refractivity (Wildman–Crippen MR) is 83.0 cm³/mol. The molecule has 2 atom stereocenters. The fourth-order valence-corrected chi connectivity index (χ4v) is 3.59. The Labute approximate surface area is 120 Å². The molecule has 0 bridgehead atoms. The van der Waals surface area contributed by atoms with Crippen LogP contribution in [-0.4, -0.2) is 48.1 Å². The molecule has 0 aromatic carbocycles. The van der Waals surface area contributed by atoms with Crippen molar-refractivity contribution in [3.05, 3.63) is 11.1 Å². The van der Waals surface area contributed by atoms with E-state index in [9.17, 15) is 0 Å². The second-order valence-corrected chi connectivity index (χ2v) is 6.46. The van der Waals surface area contributed by atoms with Gasteiger partial charge in [-0.15, -0.1) is 11.3 Å². The highest BCUT2D eigenvalue weighted by Gasteiger charge is 2.23. The number of nitrogens with zero attached hydrogens (tertiary/aromatic N) is 3. The third-order valence-electron chi connectivity index (χ3n) is 3.83. The van der Waals surface area contributed by atoms with Crippen LogP contribution in [0.15, 0.2) is 6.20 Å². The summed E-state index contributed by atoms with van der Waals surface area (Å²) in [6.07, 6.45) is 2.05. The van der Waals surface area contributed by atoms with E-state index in [1.54, 1.807) is 0 Å². The molecule has 108 valence electrons. The first-order chi connectivity index (χ1) is 9.13. The largest absolute Gasteiger partial charge is 0.349 e. The number of hydrogen-bond donors (Lipinski definition) is 1. The lowest BCUT2D eigenvalue weighted by molar-refractivity contribution is 0.140. The van der Waals surface area contributed by atoms with E-state index >= 15 is 0 Å². The Hall–Kier alpha value is -0.650. The summed E-state index contributed by atoms with van der Waals surface area (Å²) in [5.74, 6) is 0. The molecule has 0 amide bonds. The predicted octanol–water partition coefficient (Wildman–Crippen LogP) is 2.17. The Balaban J connectivity index is 1.99. The van der Waals surface area contributed by atoms with Crippen LogP contribution in [-0.2, 0) is 6.54 Å². The highest BCUT2D eigenvalue weighted by Crippen LogP contribution is 2.24. The summed E-state index contributed by atoms with van der Waals surface area (Å²) in [5.41, 5.74) is 0. The lowest BCUT2D eigenvalue weighted by Gasteiger charge is -2.37. The summed E-state index contributed by atoms with van der Waals surface area (Å²) >= 11 is 1.84. The van der Waals surface area contributed by atoms with Crippen molar-refractivity contribution in [2.45, 2.75) is 46.3 Å². The van der Waals surface area contributed by atoms with E-state index < -0.39 is 0 Å². The molecule has 0 aliphatic carbocycles. The van der Waals surface area contributed by atoms with E-state index in [2.05, 4.69) is 54.0 Å². The first-order valence-corrected chi connectivity index (χ1v) is 8.12. The smallest absolute Gasteiger partial charge is 0.185 e. The van der Waals surface area contributed by atoms with Gasteiger partial charge in [0.2, 0.25) is 0 Å². The second kappa shape index (κ2) is 6.68. The van der Waals surface area contributed by atoms with E-state index in [0.29, 0.717) is 12.1 Å². The maximum absolute atomic E-state index is 4.57. The maximum Gasteiger partial charge on any atom is 0.185 e. The van der Waals surface area contributed by atoms with Gasteiger partial charge in [-0.1, -0.05) is 0 Å². The first-order valence-electron chi connectivity index (χ1n) is 7.31. The zero-order valence-corrected chi connectivity index (χ0v) is 13.3. The van der Waals surface area contributed by atoms with Crippen LogP contribution in [0.4, 0.5) is 5.13 Å². The van der Waals surface area contributed by atoms with E-state index in [1.165, 1.54) is 4.88 Å². The van der Waals surface area contributed by atoms with Gasteiger partial charge in [-0.3, -0.25) is 4.90 Å². The Bertz CT molecular complexity index is 389. The van der Waals surface area contributed by atoms with Crippen molar-refractivity contribution < 1.29 is 0 Å². The second-order valence-electron chi connectivity index (χ2n) is 5.37. The minimum atomic E-state index is 0.589. The van der Waals surface area contributed by atoms with Gasteiger partial charge in [0.05, 0.1) is 0 Å². The molecule has 1 saturated heterocycles. The topological polar surface area (TPSA) is 31.4 Å². The van der Waals surface area contributed by atoms with Crippen molar-refractivity contribution in [3.63, 3.8) is 0 Å². The molecule has 0 saturated carbocycles. The highest BCUT2D eigenvalue weighted by molar-refractivity contribution is 7.15. The Kier molecular flexibility index (Phi) is 5.19. The zero-order valence-electron chi connectivity index (χ0n) is 12.5. The molecular formula is C14H26N4S. The summed E-state index contributed by atoms with van der Waals surface area (Å²) in [6.45, 7) is 14.2. The monoisotopic (exact) mass is 282 g/mol. The molecule has 0 radical (unpaired) electrons. The van der Waals surface area contributed by atoms with Gasteiger partial charge in [0.1, 0.15) is 0 Å². The zero-order chi connectivity index (χ0) is 13.8. The maximum atomic E-state index is 4.57. The highest BCUT2D eigenvalue weighted by atomic mass is 32.1. The fraction of sp³-hybridized carbons (Fsp3) is 0.786. The van der Waals surface area contributed by atoms with Gasteiger partial charge in [-0.05, 0) is 27.7 Å². The quantitative estimate of drug-likeness (QED) is 0.897. The number of aromatic nitrogens is 1. The molecule has 4 nitrogen and oxygen atoms in total. The molecular weight excluding hydrogens is 256 g/mol. The summed E-state index contributed by atoms with van der Waals surface area (Å²) in [4.78, 5) is 10.8. The van der Waals surface area contributed by atoms with Crippen LogP contribution < -0.4 is 10.2 Å². The van der Waals surface area contributed by atoms with Gasteiger partial charge >= 0.3 is 0 Å². The fourth-order valence-electron chi connectivity index (χ4n) is 2.53. The molecule has 1 N–H and O–H groups in total. The molecule has 0 spiro atoms. The van der Waals surface area contributed by atoms with Gasteiger partial charge in [0.15, 0.2) is 5.13 Å². The number of hydrogen-bond acceptors (Lipinski definition) is 5. The standard InChI is InChI=1S/C14H26N4S/c1-5-17(6-2)14-16-8-13(19-14)10-18-9-11(3)15-7-12(18)4/h8,11-12,15H,5-7,9-10H2,1-4H3. The minimum absolute atomic E-state index is 0.589. The van der Waals surface area contributed by atoms with Crippen LogP contribution in [0.3, 0.4) is 0 Å². The van der Waals surface area contributed by atoms with Crippen molar-refractivity contribution in [2.24, 2.45) is 0 Å². The van der Waals surface area contributed by atoms with Crippen LogP contribution in [0, 0.1) is 0 Å². The Morgan fingerprint density at radius 3 is 2.84 bits per heavy atom.